The third-order valence-corrected chi connectivity index (χ3v) is 7.66. The van der Waals surface area contributed by atoms with Gasteiger partial charge in [-0.15, -0.1) is 11.3 Å². The van der Waals surface area contributed by atoms with Crippen LogP contribution in [0.25, 0.3) is 26.5 Å². The topological polar surface area (TPSA) is 119 Å². The van der Waals surface area contributed by atoms with Crippen molar-refractivity contribution in [1.82, 2.24) is 29.8 Å². The van der Waals surface area contributed by atoms with Gasteiger partial charge in [-0.05, 0) is 19.1 Å². The Morgan fingerprint density at radius 1 is 1.22 bits per heavy atom. The van der Waals surface area contributed by atoms with Crippen LogP contribution in [-0.4, -0.2) is 68.4 Å². The van der Waals surface area contributed by atoms with Crippen molar-refractivity contribution < 1.29 is 18.4 Å². The van der Waals surface area contributed by atoms with E-state index < -0.39 is 11.8 Å². The third-order valence-electron chi connectivity index (χ3n) is 6.45. The summed E-state index contributed by atoms with van der Waals surface area (Å²) in [7, 11) is 0. The Morgan fingerprint density at radius 3 is 2.70 bits per heavy atom. The smallest absolute Gasteiger partial charge is 0.253 e. The van der Waals surface area contributed by atoms with E-state index in [0.717, 1.165) is 10.4 Å². The van der Waals surface area contributed by atoms with Gasteiger partial charge in [0.2, 0.25) is 0 Å². The van der Waals surface area contributed by atoms with Gasteiger partial charge >= 0.3 is 0 Å². The van der Waals surface area contributed by atoms with Crippen molar-refractivity contribution in [3.63, 3.8) is 0 Å². The molecule has 9 nitrogen and oxygen atoms in total. The van der Waals surface area contributed by atoms with Crippen LogP contribution in [0.5, 0.6) is 0 Å². The van der Waals surface area contributed by atoms with Crippen molar-refractivity contribution in [3.8, 4) is 21.7 Å². The van der Waals surface area contributed by atoms with Crippen molar-refractivity contribution in [2.24, 2.45) is 5.73 Å². The van der Waals surface area contributed by atoms with Gasteiger partial charge in [-0.25, -0.2) is 13.3 Å². The zero-order valence-electron chi connectivity index (χ0n) is 20.1. The van der Waals surface area contributed by atoms with Crippen molar-refractivity contribution in [1.29, 1.82) is 0 Å². The highest BCUT2D eigenvalue weighted by molar-refractivity contribution is 7.21. The highest BCUT2D eigenvalue weighted by Crippen LogP contribution is 2.41. The average Bonchev–Trinajstić information content (AvgIpc) is 3.45. The Balaban J connectivity index is 1.43. The van der Waals surface area contributed by atoms with Crippen molar-refractivity contribution >= 4 is 28.0 Å². The molecule has 0 aliphatic carbocycles. The molecule has 2 amide bonds. The zero-order valence-corrected chi connectivity index (χ0v) is 20.9. The molecule has 3 N–H and O–H groups in total. The Bertz CT molecular complexity index is 1460. The molecule has 1 saturated heterocycles. The number of nitrogens with two attached hydrogens (primary N) is 1. The predicted octanol–water partition coefficient (Wildman–Crippen LogP) is 3.39. The fourth-order valence-corrected chi connectivity index (χ4v) is 5.58. The van der Waals surface area contributed by atoms with E-state index in [1.54, 1.807) is 23.0 Å². The van der Waals surface area contributed by atoms with Gasteiger partial charge in [-0.3, -0.25) is 19.6 Å². The number of fused-ring (bicyclic) bond motifs is 1. The number of piperidine rings is 1. The second kappa shape index (κ2) is 9.94. The van der Waals surface area contributed by atoms with Crippen LogP contribution >= 0.6 is 11.3 Å². The molecule has 0 saturated carbocycles. The molecule has 0 unspecified atom stereocenters. The van der Waals surface area contributed by atoms with Crippen LogP contribution in [0.15, 0.2) is 43.0 Å². The van der Waals surface area contributed by atoms with Crippen LogP contribution in [0.2, 0.25) is 0 Å². The maximum atomic E-state index is 13.4. The Kier molecular flexibility index (Phi) is 6.69. The van der Waals surface area contributed by atoms with E-state index in [0.29, 0.717) is 59.1 Å². The average molecular weight is 526 g/mol. The molecule has 37 heavy (non-hydrogen) atoms. The van der Waals surface area contributed by atoms with Gasteiger partial charge < -0.3 is 16.0 Å². The number of nitrogens with one attached hydrogen (secondary N) is 1. The van der Waals surface area contributed by atoms with Gasteiger partial charge in [0.15, 0.2) is 0 Å². The van der Waals surface area contributed by atoms with Gasteiger partial charge in [-0.1, -0.05) is 6.07 Å². The fourth-order valence-electron chi connectivity index (χ4n) is 4.36. The molecule has 5 heterocycles. The summed E-state index contributed by atoms with van der Waals surface area (Å²) in [6, 6.07) is 5.46. The number of rotatable bonds is 7. The first kappa shape index (κ1) is 24.9. The monoisotopic (exact) mass is 525 g/mol. The Hall–Kier alpha value is -3.77. The molecule has 12 heteroatoms. The molecular weight excluding hydrogens is 500 g/mol. The number of pyridine rings is 2. The number of nitrogens with zero attached hydrogens (tertiary/aromatic N) is 5. The molecule has 0 spiro atoms. The number of hydrogen-bond donors (Lipinski definition) is 2. The van der Waals surface area contributed by atoms with Crippen molar-refractivity contribution in [2.45, 2.75) is 25.7 Å². The quantitative estimate of drug-likeness (QED) is 0.382. The molecule has 1 aliphatic rings. The largest absolute Gasteiger partial charge is 0.365 e. The van der Waals surface area contributed by atoms with Gasteiger partial charge in [-0.2, -0.15) is 5.10 Å². The van der Waals surface area contributed by atoms with Crippen LogP contribution in [0, 0.1) is 6.92 Å². The summed E-state index contributed by atoms with van der Waals surface area (Å²) in [5, 5.41) is 7.27. The summed E-state index contributed by atoms with van der Waals surface area (Å²) in [6.07, 6.45) is 6.00. The first-order chi connectivity index (χ1) is 17.7. The molecule has 0 radical (unpaired) electrons. The highest BCUT2D eigenvalue weighted by Gasteiger charge is 2.33. The zero-order chi connectivity index (χ0) is 26.2. The molecule has 5 rings (SSSR count). The molecule has 4 aromatic heterocycles. The van der Waals surface area contributed by atoms with Crippen LogP contribution in [0.4, 0.5) is 8.78 Å². The highest BCUT2D eigenvalue weighted by atomic mass is 32.1. The van der Waals surface area contributed by atoms with E-state index in [-0.39, 0.29) is 18.7 Å². The number of amides is 2. The Labute approximate surface area is 215 Å². The van der Waals surface area contributed by atoms with E-state index in [9.17, 15) is 18.4 Å². The van der Waals surface area contributed by atoms with Crippen molar-refractivity contribution in [3.05, 3.63) is 59.8 Å². The van der Waals surface area contributed by atoms with Crippen LogP contribution in [0.3, 0.4) is 0 Å². The van der Waals surface area contributed by atoms with E-state index in [2.05, 4.69) is 20.4 Å². The maximum absolute atomic E-state index is 13.4. The van der Waals surface area contributed by atoms with Gasteiger partial charge in [0.05, 0.1) is 27.9 Å². The summed E-state index contributed by atoms with van der Waals surface area (Å²) in [5.74, 6) is -3.50. The first-order valence-corrected chi connectivity index (χ1v) is 12.6. The Morgan fingerprint density at radius 2 is 2.00 bits per heavy atom. The SMILES string of the molecule is Cc1ncc(C(=O)NCCN2CCC(F)(F)CC2)cc1-c1c(-c2cccnc2)sc2c(C(N)=O)cnn12. The molecule has 0 atom stereocenters. The van der Waals surface area contributed by atoms with E-state index in [1.807, 2.05) is 24.0 Å². The lowest BCUT2D eigenvalue weighted by molar-refractivity contribution is -0.0547. The number of thiazole rings is 1. The maximum Gasteiger partial charge on any atom is 0.253 e. The lowest BCUT2D eigenvalue weighted by Crippen LogP contribution is -2.43. The number of carbonyl (C=O) groups is 2. The summed E-state index contributed by atoms with van der Waals surface area (Å²) < 4.78 is 28.4. The normalized spacial score (nSPS) is 15.6. The molecular formula is C25H25F2N7O2S. The second-order valence-electron chi connectivity index (χ2n) is 8.97. The third kappa shape index (κ3) is 5.07. The number of primary amides is 1. The van der Waals surface area contributed by atoms with E-state index >= 15 is 0 Å². The second-order valence-corrected chi connectivity index (χ2v) is 9.97. The summed E-state index contributed by atoms with van der Waals surface area (Å²) in [4.78, 5) is 36.9. The summed E-state index contributed by atoms with van der Waals surface area (Å²) in [6.45, 7) is 3.27. The van der Waals surface area contributed by atoms with Crippen LogP contribution in [0.1, 0.15) is 39.3 Å². The minimum absolute atomic E-state index is 0.161. The number of halogens is 2. The number of aromatic nitrogens is 4. The molecule has 0 aromatic carbocycles. The number of carbonyl (C=O) groups excluding carboxylic acids is 2. The first-order valence-electron chi connectivity index (χ1n) is 11.8. The number of likely N-dealkylation sites (tertiary alicyclic amines) is 1. The standard InChI is InChI=1S/C25H25F2N7O2S/c1-15-18(11-17(13-31-15)23(36)30-7-10-33-8-4-25(26,27)5-9-33)20-21(16-3-2-6-29-12-16)37-24-19(22(28)35)14-32-34(20)24/h2-3,6,11-14H,4-5,7-10H2,1H3,(H2,28,35)(H,30,36). The van der Waals surface area contributed by atoms with Crippen LogP contribution < -0.4 is 11.1 Å². The van der Waals surface area contributed by atoms with Crippen molar-refractivity contribution in [2.75, 3.05) is 26.2 Å². The number of alkyl halides is 2. The number of hydrogen-bond acceptors (Lipinski definition) is 7. The van der Waals surface area contributed by atoms with E-state index in [4.69, 9.17) is 5.73 Å². The molecule has 1 aliphatic heterocycles. The number of aryl methyl sites for hydroxylation is 1. The fraction of sp³-hybridized carbons (Fsp3) is 0.320. The molecule has 192 valence electrons. The predicted molar refractivity (Wildman–Crippen MR) is 136 cm³/mol. The lowest BCUT2D eigenvalue weighted by Gasteiger charge is -2.31. The minimum Gasteiger partial charge on any atom is -0.365 e. The minimum atomic E-state index is -2.60. The summed E-state index contributed by atoms with van der Waals surface area (Å²) >= 11 is 1.36. The van der Waals surface area contributed by atoms with Gasteiger partial charge in [0.1, 0.15) is 4.83 Å². The van der Waals surface area contributed by atoms with E-state index in [1.165, 1.54) is 23.7 Å². The molecule has 1 fully saturated rings. The molecule has 4 aromatic rings. The van der Waals surface area contributed by atoms with Gasteiger partial charge in [0.25, 0.3) is 17.7 Å². The lowest BCUT2D eigenvalue weighted by atomic mass is 10.0. The molecule has 0 bridgehead atoms. The van der Waals surface area contributed by atoms with Crippen LogP contribution in [-0.2, 0) is 0 Å². The summed E-state index contributed by atoms with van der Waals surface area (Å²) in [5.41, 5.74) is 9.07. The van der Waals surface area contributed by atoms with Gasteiger partial charge in [0, 0.05) is 74.4 Å².